The maximum atomic E-state index is 12.4. The first-order valence-corrected chi connectivity index (χ1v) is 10.4. The molecule has 0 N–H and O–H groups in total. The summed E-state index contributed by atoms with van der Waals surface area (Å²) in [4.78, 5) is 16.8. The van der Waals surface area contributed by atoms with Crippen molar-refractivity contribution >= 4 is 23.5 Å². The molecule has 0 amide bonds. The standard InChI is InChI=1S/C19H28N4O2S/c1-11(2)15-7-6-12(3)8-16(15)25-17(24)10-26-19-22-21-18-20-13(4)9-14(5)23(18)19/h9,11-12,15-16H,6-8,10H2,1-5H3/t12-,15+,16-/m0/s1. The van der Waals surface area contributed by atoms with Gasteiger partial charge in [-0.25, -0.2) is 4.98 Å². The molecule has 2 aromatic rings. The SMILES string of the molecule is Cc1cc(C)n2c(SCC(=O)O[C@H]3C[C@@H](C)CC[C@@H]3C(C)C)nnc2n1. The van der Waals surface area contributed by atoms with Gasteiger partial charge in [0, 0.05) is 11.4 Å². The van der Waals surface area contributed by atoms with Crippen LogP contribution in [0.3, 0.4) is 0 Å². The second-order valence-electron chi connectivity index (χ2n) is 7.80. The van der Waals surface area contributed by atoms with Gasteiger partial charge in [-0.3, -0.25) is 9.20 Å². The van der Waals surface area contributed by atoms with E-state index in [1.54, 1.807) is 0 Å². The number of rotatable bonds is 5. The monoisotopic (exact) mass is 376 g/mol. The lowest BCUT2D eigenvalue weighted by Crippen LogP contribution is -2.36. The van der Waals surface area contributed by atoms with E-state index in [1.807, 2.05) is 24.3 Å². The summed E-state index contributed by atoms with van der Waals surface area (Å²) in [7, 11) is 0. The molecule has 6 nitrogen and oxygen atoms in total. The molecule has 0 spiro atoms. The van der Waals surface area contributed by atoms with Gasteiger partial charge in [0.2, 0.25) is 0 Å². The van der Waals surface area contributed by atoms with Crippen LogP contribution in [0.2, 0.25) is 0 Å². The van der Waals surface area contributed by atoms with Crippen LogP contribution < -0.4 is 0 Å². The Balaban J connectivity index is 1.64. The van der Waals surface area contributed by atoms with Crippen LogP contribution in [0.4, 0.5) is 0 Å². The predicted molar refractivity (Wildman–Crippen MR) is 102 cm³/mol. The molecule has 3 rings (SSSR count). The summed E-state index contributed by atoms with van der Waals surface area (Å²) in [5.74, 6) is 2.25. The third-order valence-electron chi connectivity index (χ3n) is 5.23. The summed E-state index contributed by atoms with van der Waals surface area (Å²) >= 11 is 1.36. The fourth-order valence-corrected chi connectivity index (χ4v) is 4.64. The van der Waals surface area contributed by atoms with Gasteiger partial charge < -0.3 is 4.74 Å². The Labute approximate surface area is 159 Å². The van der Waals surface area contributed by atoms with Crippen LogP contribution in [0.1, 0.15) is 51.4 Å². The zero-order chi connectivity index (χ0) is 18.8. The Bertz CT molecular complexity index is 789. The second-order valence-corrected chi connectivity index (χ2v) is 8.74. The number of thioether (sulfide) groups is 1. The lowest BCUT2D eigenvalue weighted by molar-refractivity contribution is -0.152. The Morgan fingerprint density at radius 1 is 1.35 bits per heavy atom. The maximum Gasteiger partial charge on any atom is 0.316 e. The molecular weight excluding hydrogens is 348 g/mol. The highest BCUT2D eigenvalue weighted by molar-refractivity contribution is 7.99. The number of fused-ring (bicyclic) bond motifs is 1. The van der Waals surface area contributed by atoms with Gasteiger partial charge in [-0.15, -0.1) is 10.2 Å². The van der Waals surface area contributed by atoms with Gasteiger partial charge in [0.1, 0.15) is 6.10 Å². The van der Waals surface area contributed by atoms with Crippen molar-refractivity contribution in [3.8, 4) is 0 Å². The number of carbonyl (C=O) groups excluding carboxylic acids is 1. The summed E-state index contributed by atoms with van der Waals surface area (Å²) in [6, 6.07) is 1.98. The maximum absolute atomic E-state index is 12.4. The molecule has 0 aromatic carbocycles. The van der Waals surface area contributed by atoms with Crippen molar-refractivity contribution < 1.29 is 9.53 Å². The van der Waals surface area contributed by atoms with Crippen molar-refractivity contribution in [2.24, 2.45) is 17.8 Å². The van der Waals surface area contributed by atoms with Gasteiger partial charge in [-0.1, -0.05) is 39.0 Å². The molecule has 1 fully saturated rings. The van der Waals surface area contributed by atoms with Gasteiger partial charge in [-0.2, -0.15) is 0 Å². The van der Waals surface area contributed by atoms with E-state index in [0.29, 0.717) is 28.7 Å². The van der Waals surface area contributed by atoms with E-state index < -0.39 is 0 Å². The molecule has 2 heterocycles. The molecule has 0 bridgehead atoms. The minimum absolute atomic E-state index is 0.0352. The first-order valence-electron chi connectivity index (χ1n) is 9.36. The number of aromatic nitrogens is 4. The molecule has 1 saturated carbocycles. The lowest BCUT2D eigenvalue weighted by atomic mass is 9.75. The van der Waals surface area contributed by atoms with Crippen molar-refractivity contribution in [2.45, 2.75) is 65.1 Å². The van der Waals surface area contributed by atoms with Gasteiger partial charge >= 0.3 is 5.97 Å². The van der Waals surface area contributed by atoms with Gasteiger partial charge in [0.05, 0.1) is 5.75 Å². The number of esters is 1. The molecule has 26 heavy (non-hydrogen) atoms. The largest absolute Gasteiger partial charge is 0.461 e. The lowest BCUT2D eigenvalue weighted by Gasteiger charge is -2.36. The molecule has 0 saturated heterocycles. The molecule has 7 heteroatoms. The Kier molecular flexibility index (Phi) is 5.85. The van der Waals surface area contributed by atoms with Crippen LogP contribution in [-0.2, 0) is 9.53 Å². The number of hydrogen-bond donors (Lipinski definition) is 0. The minimum atomic E-state index is -0.172. The first-order chi connectivity index (χ1) is 12.3. The van der Waals surface area contributed by atoms with E-state index in [0.717, 1.165) is 24.2 Å². The molecule has 2 aromatic heterocycles. The number of nitrogens with zero attached hydrogens (tertiary/aromatic N) is 4. The average Bonchev–Trinajstić information content (AvgIpc) is 2.95. The minimum Gasteiger partial charge on any atom is -0.461 e. The smallest absolute Gasteiger partial charge is 0.316 e. The van der Waals surface area contributed by atoms with E-state index in [-0.39, 0.29) is 17.8 Å². The highest BCUT2D eigenvalue weighted by atomic mass is 32.2. The number of aryl methyl sites for hydroxylation is 2. The topological polar surface area (TPSA) is 69.4 Å². The Hall–Kier alpha value is -1.63. The second kappa shape index (κ2) is 7.94. The van der Waals surface area contributed by atoms with Crippen LogP contribution in [0.5, 0.6) is 0 Å². The molecule has 1 aliphatic rings. The zero-order valence-corrected chi connectivity index (χ0v) is 17.0. The van der Waals surface area contributed by atoms with Crippen molar-refractivity contribution in [3.05, 3.63) is 17.5 Å². The van der Waals surface area contributed by atoms with Crippen LogP contribution in [0.15, 0.2) is 11.2 Å². The average molecular weight is 377 g/mol. The summed E-state index contributed by atoms with van der Waals surface area (Å²) in [5.41, 5.74) is 1.92. The summed E-state index contributed by atoms with van der Waals surface area (Å²) < 4.78 is 7.74. The Morgan fingerprint density at radius 2 is 2.12 bits per heavy atom. The predicted octanol–water partition coefficient (Wildman–Crippen LogP) is 3.84. The normalized spacial score (nSPS) is 23.5. The molecular formula is C19H28N4O2S. The van der Waals surface area contributed by atoms with Crippen molar-refractivity contribution in [1.82, 2.24) is 19.6 Å². The van der Waals surface area contributed by atoms with Crippen molar-refractivity contribution in [3.63, 3.8) is 0 Å². The van der Waals surface area contributed by atoms with Crippen molar-refractivity contribution in [1.29, 1.82) is 0 Å². The fourth-order valence-electron chi connectivity index (χ4n) is 3.87. The third-order valence-corrected chi connectivity index (χ3v) is 6.13. The highest BCUT2D eigenvalue weighted by Crippen LogP contribution is 2.35. The summed E-state index contributed by atoms with van der Waals surface area (Å²) in [5, 5.41) is 8.96. The van der Waals surface area contributed by atoms with Gasteiger partial charge in [0.15, 0.2) is 5.16 Å². The molecule has 1 aliphatic carbocycles. The number of carbonyl (C=O) groups is 1. The van der Waals surface area contributed by atoms with Gasteiger partial charge in [0.25, 0.3) is 5.78 Å². The van der Waals surface area contributed by atoms with E-state index in [1.165, 1.54) is 18.2 Å². The Morgan fingerprint density at radius 3 is 2.85 bits per heavy atom. The van der Waals surface area contributed by atoms with Crippen LogP contribution in [0, 0.1) is 31.6 Å². The molecule has 3 atom stereocenters. The fraction of sp³-hybridized carbons (Fsp3) is 0.684. The first kappa shape index (κ1) is 19.1. The van der Waals surface area contributed by atoms with E-state index in [4.69, 9.17) is 4.74 Å². The van der Waals surface area contributed by atoms with Crippen LogP contribution in [-0.4, -0.2) is 37.4 Å². The van der Waals surface area contributed by atoms with Crippen LogP contribution >= 0.6 is 11.8 Å². The zero-order valence-electron chi connectivity index (χ0n) is 16.2. The molecule has 0 radical (unpaired) electrons. The van der Waals surface area contributed by atoms with Gasteiger partial charge in [-0.05, 0) is 50.5 Å². The quantitative estimate of drug-likeness (QED) is 0.583. The van der Waals surface area contributed by atoms with E-state index >= 15 is 0 Å². The molecule has 0 aliphatic heterocycles. The van der Waals surface area contributed by atoms with E-state index in [9.17, 15) is 4.79 Å². The highest BCUT2D eigenvalue weighted by Gasteiger charge is 2.33. The molecule has 142 valence electrons. The summed E-state index contributed by atoms with van der Waals surface area (Å²) in [6.45, 7) is 10.6. The number of ether oxygens (including phenoxy) is 1. The van der Waals surface area contributed by atoms with E-state index in [2.05, 4.69) is 36.0 Å². The van der Waals surface area contributed by atoms with Crippen LogP contribution in [0.25, 0.3) is 5.78 Å². The molecule has 0 unspecified atom stereocenters. The summed E-state index contributed by atoms with van der Waals surface area (Å²) in [6.07, 6.45) is 3.37. The third kappa shape index (κ3) is 4.19. The number of hydrogen-bond acceptors (Lipinski definition) is 6. The van der Waals surface area contributed by atoms with Crippen molar-refractivity contribution in [2.75, 3.05) is 5.75 Å².